The van der Waals surface area contributed by atoms with Crippen LogP contribution in [0.3, 0.4) is 0 Å². The molecular weight excluding hydrogens is 405 g/mol. The maximum Gasteiger partial charge on any atom is 0.242 e. The third-order valence-corrected chi connectivity index (χ3v) is 7.06. The highest BCUT2D eigenvalue weighted by atomic mass is 32.2. The van der Waals surface area contributed by atoms with E-state index in [4.69, 9.17) is 0 Å². The van der Waals surface area contributed by atoms with Gasteiger partial charge in [-0.1, -0.05) is 42.5 Å². The highest BCUT2D eigenvalue weighted by Crippen LogP contribution is 2.24. The second-order valence-corrected chi connectivity index (χ2v) is 10.1. The van der Waals surface area contributed by atoms with Gasteiger partial charge in [-0.3, -0.25) is 9.69 Å². The number of halogens is 1. The molecule has 1 aliphatic rings. The monoisotopic (exact) mass is 433 g/mol. The molecule has 2 atom stereocenters. The normalized spacial score (nSPS) is 18.7. The van der Waals surface area contributed by atoms with Gasteiger partial charge in [-0.15, -0.1) is 0 Å². The average Bonchev–Trinajstić information content (AvgIpc) is 2.71. The molecule has 1 N–H and O–H groups in total. The smallest absolute Gasteiger partial charge is 0.242 e. The van der Waals surface area contributed by atoms with Crippen LogP contribution in [0.1, 0.15) is 23.2 Å². The first kappa shape index (κ1) is 22.4. The first-order valence-corrected chi connectivity index (χ1v) is 11.8. The van der Waals surface area contributed by atoms with Gasteiger partial charge in [-0.25, -0.2) is 12.8 Å². The Morgan fingerprint density at radius 1 is 1.03 bits per heavy atom. The first-order valence-electron chi connectivity index (χ1n) is 9.96. The number of nitrogens with zero attached hydrogens (tertiary/aromatic N) is 2. The third-order valence-electron chi connectivity index (χ3n) is 5.46. The number of amides is 1. The molecule has 30 heavy (non-hydrogen) atoms. The van der Waals surface area contributed by atoms with Gasteiger partial charge in [-0.2, -0.15) is 0 Å². The number of carbonyl (C=O) groups excluding carboxylic acids is 1. The summed E-state index contributed by atoms with van der Waals surface area (Å²) in [5.41, 5.74) is 1.74. The van der Waals surface area contributed by atoms with E-state index >= 15 is 0 Å². The number of hydrogen-bond acceptors (Lipinski definition) is 5. The van der Waals surface area contributed by atoms with E-state index in [1.165, 1.54) is 12.1 Å². The standard InChI is InChI=1S/C22H28FN3O3S/c1-25(2)20(17-8-10-19(23)11-9-17)16-24-22(27)21(18-6-4-3-5-7-18)26-12-14-30(28,29)15-13-26/h3-11,20-21H,12-16H2,1-2H3,(H,24,27). The lowest BCUT2D eigenvalue weighted by Gasteiger charge is -2.34. The van der Waals surface area contributed by atoms with Gasteiger partial charge < -0.3 is 10.2 Å². The van der Waals surface area contributed by atoms with E-state index in [9.17, 15) is 17.6 Å². The zero-order valence-electron chi connectivity index (χ0n) is 17.3. The zero-order valence-corrected chi connectivity index (χ0v) is 18.1. The minimum absolute atomic E-state index is 0.0551. The second kappa shape index (κ2) is 9.68. The molecule has 2 unspecified atom stereocenters. The average molecular weight is 434 g/mol. The van der Waals surface area contributed by atoms with E-state index in [-0.39, 0.29) is 29.3 Å². The van der Waals surface area contributed by atoms with Crippen molar-refractivity contribution < 1.29 is 17.6 Å². The molecule has 1 fully saturated rings. The Morgan fingerprint density at radius 3 is 2.20 bits per heavy atom. The van der Waals surface area contributed by atoms with Crippen LogP contribution in [0.25, 0.3) is 0 Å². The van der Waals surface area contributed by atoms with Gasteiger partial charge in [0.25, 0.3) is 0 Å². The Bertz CT molecular complexity index is 935. The molecule has 6 nitrogen and oxygen atoms in total. The topological polar surface area (TPSA) is 69.7 Å². The second-order valence-electron chi connectivity index (χ2n) is 7.78. The number of carbonyl (C=O) groups is 1. The van der Waals surface area contributed by atoms with Crippen molar-refractivity contribution in [3.05, 3.63) is 71.5 Å². The summed E-state index contributed by atoms with van der Waals surface area (Å²) >= 11 is 0. The molecule has 0 saturated carbocycles. The Labute approximate surface area is 177 Å². The quantitative estimate of drug-likeness (QED) is 0.724. The fourth-order valence-corrected chi connectivity index (χ4v) is 4.96. The van der Waals surface area contributed by atoms with E-state index in [2.05, 4.69) is 5.32 Å². The third kappa shape index (κ3) is 5.65. The van der Waals surface area contributed by atoms with E-state index < -0.39 is 15.9 Å². The predicted molar refractivity (Wildman–Crippen MR) is 115 cm³/mol. The van der Waals surface area contributed by atoms with Crippen molar-refractivity contribution in [3.63, 3.8) is 0 Å². The number of rotatable bonds is 7. The van der Waals surface area contributed by atoms with Gasteiger partial charge in [0.15, 0.2) is 9.84 Å². The van der Waals surface area contributed by atoms with E-state index in [0.29, 0.717) is 19.6 Å². The molecule has 2 aromatic rings. The highest BCUT2D eigenvalue weighted by Gasteiger charge is 2.32. The maximum atomic E-state index is 13.3. The van der Waals surface area contributed by atoms with E-state index in [1.54, 1.807) is 12.1 Å². The molecule has 2 aromatic carbocycles. The summed E-state index contributed by atoms with van der Waals surface area (Å²) in [7, 11) is 0.770. The van der Waals surface area contributed by atoms with Gasteiger partial charge in [0.2, 0.25) is 5.91 Å². The van der Waals surface area contributed by atoms with Crippen molar-refractivity contribution in [2.24, 2.45) is 0 Å². The molecule has 3 rings (SSSR count). The number of benzene rings is 2. The van der Waals surface area contributed by atoms with Crippen LogP contribution in [0.4, 0.5) is 4.39 Å². The van der Waals surface area contributed by atoms with Crippen LogP contribution in [0.15, 0.2) is 54.6 Å². The van der Waals surface area contributed by atoms with Crippen LogP contribution >= 0.6 is 0 Å². The molecular formula is C22H28FN3O3S. The van der Waals surface area contributed by atoms with Crippen LogP contribution in [-0.4, -0.2) is 69.4 Å². The summed E-state index contributed by atoms with van der Waals surface area (Å²) < 4.78 is 37.0. The van der Waals surface area contributed by atoms with Gasteiger partial charge >= 0.3 is 0 Å². The van der Waals surface area contributed by atoms with Crippen LogP contribution < -0.4 is 5.32 Å². The van der Waals surface area contributed by atoms with E-state index in [0.717, 1.165) is 11.1 Å². The van der Waals surface area contributed by atoms with Crippen molar-refractivity contribution >= 4 is 15.7 Å². The molecule has 1 heterocycles. The molecule has 0 radical (unpaired) electrons. The Balaban J connectivity index is 1.76. The zero-order chi connectivity index (χ0) is 21.7. The summed E-state index contributed by atoms with van der Waals surface area (Å²) in [4.78, 5) is 17.1. The van der Waals surface area contributed by atoms with Gasteiger partial charge in [0.1, 0.15) is 11.9 Å². The van der Waals surface area contributed by atoms with E-state index in [1.807, 2.05) is 54.2 Å². The van der Waals surface area contributed by atoms with Crippen molar-refractivity contribution in [3.8, 4) is 0 Å². The fraction of sp³-hybridized carbons (Fsp3) is 0.409. The lowest BCUT2D eigenvalue weighted by molar-refractivity contribution is -0.126. The first-order chi connectivity index (χ1) is 14.3. The van der Waals surface area contributed by atoms with Crippen LogP contribution in [0.5, 0.6) is 0 Å². The molecule has 8 heteroatoms. The van der Waals surface area contributed by atoms with Crippen molar-refractivity contribution in [1.82, 2.24) is 15.1 Å². The summed E-state index contributed by atoms with van der Waals surface area (Å²) in [6, 6.07) is 15.0. The predicted octanol–water partition coefficient (Wildman–Crippen LogP) is 2.02. The summed E-state index contributed by atoms with van der Waals surface area (Å²) in [5.74, 6) is -0.363. The van der Waals surface area contributed by atoms with Crippen molar-refractivity contribution in [2.45, 2.75) is 12.1 Å². The Morgan fingerprint density at radius 2 is 1.63 bits per heavy atom. The number of likely N-dealkylation sites (N-methyl/N-ethyl adjacent to an activating group) is 1. The Hall–Kier alpha value is -2.29. The molecule has 1 saturated heterocycles. The molecule has 0 aliphatic carbocycles. The van der Waals surface area contributed by atoms with Crippen LogP contribution in [0.2, 0.25) is 0 Å². The molecule has 0 spiro atoms. The van der Waals surface area contributed by atoms with Gasteiger partial charge in [-0.05, 0) is 37.4 Å². The number of sulfone groups is 1. The molecule has 0 aromatic heterocycles. The lowest BCUT2D eigenvalue weighted by Crippen LogP contribution is -2.48. The van der Waals surface area contributed by atoms with Gasteiger partial charge in [0.05, 0.1) is 17.5 Å². The number of hydrogen-bond donors (Lipinski definition) is 1. The highest BCUT2D eigenvalue weighted by molar-refractivity contribution is 7.91. The lowest BCUT2D eigenvalue weighted by atomic mass is 10.0. The molecule has 162 valence electrons. The fourth-order valence-electron chi connectivity index (χ4n) is 3.73. The minimum atomic E-state index is -3.04. The van der Waals surface area contributed by atoms with Crippen LogP contribution in [-0.2, 0) is 14.6 Å². The molecule has 1 aliphatic heterocycles. The summed E-state index contributed by atoms with van der Waals surface area (Å²) in [6.07, 6.45) is 0. The Kier molecular flexibility index (Phi) is 7.23. The summed E-state index contributed by atoms with van der Waals surface area (Å²) in [6.45, 7) is 1.00. The van der Waals surface area contributed by atoms with Crippen LogP contribution in [0, 0.1) is 5.82 Å². The minimum Gasteiger partial charge on any atom is -0.353 e. The SMILES string of the molecule is CN(C)C(CNC(=O)C(c1ccccc1)N1CCS(=O)(=O)CC1)c1ccc(F)cc1. The maximum absolute atomic E-state index is 13.3. The molecule has 0 bridgehead atoms. The summed E-state index contributed by atoms with van der Waals surface area (Å²) in [5, 5.41) is 3.03. The van der Waals surface area contributed by atoms with Gasteiger partial charge in [0, 0.05) is 19.6 Å². The largest absolute Gasteiger partial charge is 0.353 e. The number of nitrogens with one attached hydrogen (secondary N) is 1. The molecule has 1 amide bonds. The van der Waals surface area contributed by atoms with Crippen molar-refractivity contribution in [1.29, 1.82) is 0 Å². The van der Waals surface area contributed by atoms with Crippen molar-refractivity contribution in [2.75, 3.05) is 45.2 Å².